The van der Waals surface area contributed by atoms with Gasteiger partial charge in [0.1, 0.15) is 0 Å². The fourth-order valence-electron chi connectivity index (χ4n) is 2.98. The van der Waals surface area contributed by atoms with Crippen molar-refractivity contribution in [2.75, 3.05) is 50.2 Å². The first kappa shape index (κ1) is 21.4. The van der Waals surface area contributed by atoms with E-state index in [4.69, 9.17) is 18.9 Å². The molecular weight excluding hydrogens is 388 g/mol. The molecule has 0 saturated carbocycles. The number of nitrogens with one attached hydrogen (secondary N) is 1. The largest absolute Gasteiger partial charge is 0.493 e. The molecule has 1 aliphatic heterocycles. The number of nitrogens with zero attached hydrogens (tertiary/aromatic N) is 1. The summed E-state index contributed by atoms with van der Waals surface area (Å²) in [6.07, 6.45) is -0.960. The number of methoxy groups -OCH3 is 1. The van der Waals surface area contributed by atoms with Crippen LogP contribution in [0.1, 0.15) is 6.92 Å². The van der Waals surface area contributed by atoms with Gasteiger partial charge in [-0.25, -0.2) is 4.79 Å². The van der Waals surface area contributed by atoms with E-state index in [1.807, 2.05) is 24.3 Å². The maximum absolute atomic E-state index is 12.3. The van der Waals surface area contributed by atoms with Gasteiger partial charge < -0.3 is 29.2 Å². The first-order valence-corrected chi connectivity index (χ1v) is 9.75. The van der Waals surface area contributed by atoms with Crippen LogP contribution in [-0.2, 0) is 19.1 Å². The first-order valence-electron chi connectivity index (χ1n) is 9.75. The zero-order valence-electron chi connectivity index (χ0n) is 17.1. The Morgan fingerprint density at radius 1 is 1.07 bits per heavy atom. The van der Waals surface area contributed by atoms with E-state index in [0.717, 1.165) is 18.8 Å². The summed E-state index contributed by atoms with van der Waals surface area (Å²) in [6.45, 7) is 4.29. The van der Waals surface area contributed by atoms with E-state index in [-0.39, 0.29) is 6.61 Å². The molecule has 1 heterocycles. The lowest BCUT2D eigenvalue weighted by atomic mass is 10.2. The molecule has 3 rings (SSSR count). The highest BCUT2D eigenvalue weighted by Crippen LogP contribution is 2.25. The lowest BCUT2D eigenvalue weighted by Gasteiger charge is -2.28. The van der Waals surface area contributed by atoms with Gasteiger partial charge in [0.25, 0.3) is 5.91 Å². The van der Waals surface area contributed by atoms with E-state index < -0.39 is 18.0 Å². The molecule has 30 heavy (non-hydrogen) atoms. The summed E-state index contributed by atoms with van der Waals surface area (Å²) < 4.78 is 21.1. The summed E-state index contributed by atoms with van der Waals surface area (Å²) in [5.74, 6) is -0.128. The SMILES string of the molecule is COc1ccccc1OCC(=O)O[C@H](C)C(=O)Nc1ccc(N2CCOCC2)cc1. The molecule has 1 N–H and O–H groups in total. The summed E-state index contributed by atoms with van der Waals surface area (Å²) in [4.78, 5) is 26.6. The molecule has 1 fully saturated rings. The molecular formula is C22H26N2O6. The molecule has 8 nitrogen and oxygen atoms in total. The molecule has 0 spiro atoms. The van der Waals surface area contributed by atoms with Crippen molar-refractivity contribution in [2.45, 2.75) is 13.0 Å². The highest BCUT2D eigenvalue weighted by Gasteiger charge is 2.19. The number of para-hydroxylation sites is 2. The molecule has 0 unspecified atom stereocenters. The van der Waals surface area contributed by atoms with Crippen LogP contribution in [-0.4, -0.2) is 58.0 Å². The van der Waals surface area contributed by atoms with Crippen molar-refractivity contribution in [1.29, 1.82) is 0 Å². The molecule has 1 atom stereocenters. The molecule has 2 aromatic rings. The molecule has 1 aliphatic rings. The first-order chi connectivity index (χ1) is 14.6. The molecule has 0 bridgehead atoms. The zero-order chi connectivity index (χ0) is 21.3. The highest BCUT2D eigenvalue weighted by atomic mass is 16.6. The fourth-order valence-corrected chi connectivity index (χ4v) is 2.98. The minimum Gasteiger partial charge on any atom is -0.493 e. The van der Waals surface area contributed by atoms with Gasteiger partial charge in [0, 0.05) is 24.5 Å². The average molecular weight is 414 g/mol. The summed E-state index contributed by atoms with van der Waals surface area (Å²) in [6, 6.07) is 14.5. The molecule has 1 amide bonds. The van der Waals surface area contributed by atoms with Crippen molar-refractivity contribution in [2.24, 2.45) is 0 Å². The number of amides is 1. The lowest BCUT2D eigenvalue weighted by molar-refractivity contribution is -0.155. The van der Waals surface area contributed by atoms with Crippen LogP contribution in [0.25, 0.3) is 0 Å². The Bertz CT molecular complexity index is 849. The van der Waals surface area contributed by atoms with Gasteiger partial charge in [0.2, 0.25) is 0 Å². The van der Waals surface area contributed by atoms with Gasteiger partial charge in [-0.3, -0.25) is 4.79 Å². The van der Waals surface area contributed by atoms with Crippen molar-refractivity contribution in [3.8, 4) is 11.5 Å². The third kappa shape index (κ3) is 5.87. The van der Waals surface area contributed by atoms with E-state index in [2.05, 4.69) is 10.2 Å². The summed E-state index contributed by atoms with van der Waals surface area (Å²) >= 11 is 0. The van der Waals surface area contributed by atoms with Crippen molar-refractivity contribution in [3.05, 3.63) is 48.5 Å². The second-order valence-corrected chi connectivity index (χ2v) is 6.71. The van der Waals surface area contributed by atoms with Crippen molar-refractivity contribution in [1.82, 2.24) is 0 Å². The average Bonchev–Trinajstić information content (AvgIpc) is 2.79. The van der Waals surface area contributed by atoms with Crippen LogP contribution in [0.4, 0.5) is 11.4 Å². The van der Waals surface area contributed by atoms with Gasteiger partial charge >= 0.3 is 5.97 Å². The monoisotopic (exact) mass is 414 g/mol. The second kappa shape index (κ2) is 10.5. The van der Waals surface area contributed by atoms with Crippen molar-refractivity contribution >= 4 is 23.3 Å². The second-order valence-electron chi connectivity index (χ2n) is 6.71. The number of hydrogen-bond acceptors (Lipinski definition) is 7. The number of carbonyl (C=O) groups is 2. The molecule has 8 heteroatoms. The Hall–Kier alpha value is -3.26. The van der Waals surface area contributed by atoms with Gasteiger partial charge in [-0.2, -0.15) is 0 Å². The minimum absolute atomic E-state index is 0.327. The van der Waals surface area contributed by atoms with E-state index in [1.165, 1.54) is 14.0 Å². The van der Waals surface area contributed by atoms with Crippen molar-refractivity contribution < 1.29 is 28.5 Å². The smallest absolute Gasteiger partial charge is 0.344 e. The number of hydrogen-bond donors (Lipinski definition) is 1. The molecule has 1 saturated heterocycles. The zero-order valence-corrected chi connectivity index (χ0v) is 17.1. The Morgan fingerprint density at radius 3 is 2.40 bits per heavy atom. The van der Waals surface area contributed by atoms with Gasteiger partial charge in [-0.05, 0) is 43.3 Å². The molecule has 160 valence electrons. The van der Waals surface area contributed by atoms with Gasteiger partial charge in [0.05, 0.1) is 20.3 Å². The van der Waals surface area contributed by atoms with Crippen LogP contribution in [0.2, 0.25) is 0 Å². The van der Waals surface area contributed by atoms with E-state index >= 15 is 0 Å². The molecule has 0 aromatic heterocycles. The maximum atomic E-state index is 12.3. The predicted octanol–water partition coefficient (Wildman–Crippen LogP) is 2.48. The number of benzene rings is 2. The van der Waals surface area contributed by atoms with Crippen molar-refractivity contribution in [3.63, 3.8) is 0 Å². The Balaban J connectivity index is 1.46. The highest BCUT2D eigenvalue weighted by molar-refractivity contribution is 5.95. The number of morpholine rings is 1. The molecule has 0 radical (unpaired) electrons. The number of rotatable bonds is 8. The van der Waals surface area contributed by atoms with E-state index in [0.29, 0.717) is 30.4 Å². The van der Waals surface area contributed by atoms with Crippen LogP contribution < -0.4 is 19.7 Å². The van der Waals surface area contributed by atoms with Gasteiger partial charge in [0.15, 0.2) is 24.2 Å². The third-order valence-electron chi connectivity index (χ3n) is 4.60. The van der Waals surface area contributed by atoms with Crippen LogP contribution in [0.5, 0.6) is 11.5 Å². The van der Waals surface area contributed by atoms with Crippen LogP contribution in [0, 0.1) is 0 Å². The number of anilines is 2. The molecule has 2 aromatic carbocycles. The van der Waals surface area contributed by atoms with Crippen LogP contribution in [0.15, 0.2) is 48.5 Å². The number of carbonyl (C=O) groups excluding carboxylic acids is 2. The van der Waals surface area contributed by atoms with Crippen LogP contribution in [0.3, 0.4) is 0 Å². The fraction of sp³-hybridized carbons (Fsp3) is 0.364. The topological polar surface area (TPSA) is 86.3 Å². The van der Waals surface area contributed by atoms with E-state index in [1.54, 1.807) is 24.3 Å². The Kier molecular flexibility index (Phi) is 7.51. The van der Waals surface area contributed by atoms with Crippen LogP contribution >= 0.6 is 0 Å². The summed E-state index contributed by atoms with van der Waals surface area (Å²) in [5, 5.41) is 2.75. The van der Waals surface area contributed by atoms with Gasteiger partial charge in [-0.1, -0.05) is 12.1 Å². The number of ether oxygens (including phenoxy) is 4. The predicted molar refractivity (Wildman–Crippen MR) is 112 cm³/mol. The normalized spacial score (nSPS) is 14.5. The third-order valence-corrected chi connectivity index (χ3v) is 4.60. The van der Waals surface area contributed by atoms with Gasteiger partial charge in [-0.15, -0.1) is 0 Å². The standard InChI is InChI=1S/C22H26N2O6/c1-16(30-21(25)15-29-20-6-4-3-5-19(20)27-2)22(26)23-17-7-9-18(10-8-17)24-11-13-28-14-12-24/h3-10,16H,11-15H2,1-2H3,(H,23,26)/t16-/m1/s1. The lowest BCUT2D eigenvalue weighted by Crippen LogP contribution is -2.36. The maximum Gasteiger partial charge on any atom is 0.344 e. The minimum atomic E-state index is -0.960. The molecule has 0 aliphatic carbocycles. The Labute approximate surface area is 175 Å². The Morgan fingerprint density at radius 2 is 1.73 bits per heavy atom. The number of esters is 1. The quantitative estimate of drug-likeness (QED) is 0.664. The van der Waals surface area contributed by atoms with E-state index in [9.17, 15) is 9.59 Å². The summed E-state index contributed by atoms with van der Waals surface area (Å²) in [5.41, 5.74) is 1.70. The summed E-state index contributed by atoms with van der Waals surface area (Å²) in [7, 11) is 1.51.